The molecule has 2 N–H and O–H groups in total. The molecule has 2 rings (SSSR count). The molecule has 0 saturated carbocycles. The molecule has 1 amide bonds. The Kier molecular flexibility index (Phi) is 6.98. The van der Waals surface area contributed by atoms with E-state index in [4.69, 9.17) is 26.2 Å². The predicted octanol–water partition coefficient (Wildman–Crippen LogP) is 3.20. The van der Waals surface area contributed by atoms with E-state index >= 15 is 0 Å². The summed E-state index contributed by atoms with van der Waals surface area (Å²) in [5.74, 6) is 0. The van der Waals surface area contributed by atoms with Gasteiger partial charge in [0.15, 0.2) is 6.29 Å². The van der Waals surface area contributed by atoms with Gasteiger partial charge in [0, 0.05) is 37.4 Å². The highest BCUT2D eigenvalue weighted by Crippen LogP contribution is 2.27. The van der Waals surface area contributed by atoms with Gasteiger partial charge in [0.2, 0.25) is 5.28 Å². The van der Waals surface area contributed by atoms with Crippen molar-refractivity contribution in [1.29, 1.82) is 0 Å². The van der Waals surface area contributed by atoms with Gasteiger partial charge >= 0.3 is 6.09 Å². The van der Waals surface area contributed by atoms with Gasteiger partial charge in [-0.1, -0.05) is 6.92 Å². The summed E-state index contributed by atoms with van der Waals surface area (Å²) in [6, 6.07) is 1.60. The van der Waals surface area contributed by atoms with Gasteiger partial charge in [-0.2, -0.15) is 4.98 Å². The molecule has 0 saturated heterocycles. The van der Waals surface area contributed by atoms with E-state index in [0.717, 1.165) is 11.1 Å². The molecule has 0 aliphatic carbocycles. The van der Waals surface area contributed by atoms with Crippen LogP contribution in [0, 0.1) is 0 Å². The van der Waals surface area contributed by atoms with Gasteiger partial charge in [0.25, 0.3) is 0 Å². The zero-order valence-corrected chi connectivity index (χ0v) is 15.3. The molecule has 9 heteroatoms. The van der Waals surface area contributed by atoms with Crippen molar-refractivity contribution in [2.75, 3.05) is 13.2 Å². The summed E-state index contributed by atoms with van der Waals surface area (Å²) < 4.78 is 13.3. The molecule has 0 spiro atoms. The Labute approximate surface area is 151 Å². The van der Waals surface area contributed by atoms with E-state index in [2.05, 4.69) is 15.3 Å². The van der Waals surface area contributed by atoms with Crippen molar-refractivity contribution >= 4 is 28.7 Å². The second-order valence-electron chi connectivity index (χ2n) is 5.40. The Balaban J connectivity index is 2.50. The number of carboxylic acid groups (broad SMARTS) is 1. The zero-order chi connectivity index (χ0) is 18.4. The Morgan fingerprint density at radius 1 is 1.36 bits per heavy atom. The Morgan fingerprint density at radius 3 is 2.60 bits per heavy atom. The van der Waals surface area contributed by atoms with Crippen LogP contribution in [0.25, 0.3) is 11.0 Å². The van der Waals surface area contributed by atoms with Gasteiger partial charge in [0.05, 0.1) is 5.69 Å². The first-order valence-electron chi connectivity index (χ1n) is 8.24. The minimum atomic E-state index is -1.07. The molecule has 2 aromatic heterocycles. The van der Waals surface area contributed by atoms with Crippen molar-refractivity contribution in [2.24, 2.45) is 0 Å². The molecule has 0 bridgehead atoms. The molecule has 138 valence electrons. The number of hydrogen-bond donors (Lipinski definition) is 2. The molecule has 2 heterocycles. The first-order valence-corrected chi connectivity index (χ1v) is 8.62. The minimum absolute atomic E-state index is 0.127. The largest absolute Gasteiger partial charge is 0.465 e. The fourth-order valence-electron chi connectivity index (χ4n) is 2.62. The molecule has 0 fully saturated rings. The smallest absolute Gasteiger partial charge is 0.404 e. The van der Waals surface area contributed by atoms with Crippen LogP contribution in [0.15, 0.2) is 12.3 Å². The average molecular weight is 371 g/mol. The fourth-order valence-corrected chi connectivity index (χ4v) is 2.75. The van der Waals surface area contributed by atoms with Gasteiger partial charge in [0.1, 0.15) is 5.65 Å². The van der Waals surface area contributed by atoms with E-state index in [-0.39, 0.29) is 11.3 Å². The number of nitrogens with one attached hydrogen (secondary N) is 1. The summed E-state index contributed by atoms with van der Waals surface area (Å²) in [5, 5.41) is 12.5. The highest BCUT2D eigenvalue weighted by Gasteiger charge is 2.22. The third kappa shape index (κ3) is 4.81. The quantitative estimate of drug-likeness (QED) is 0.519. The van der Waals surface area contributed by atoms with Crippen LogP contribution >= 0.6 is 11.6 Å². The number of nitrogens with zero attached hydrogens (tertiary/aromatic N) is 3. The van der Waals surface area contributed by atoms with E-state index < -0.39 is 12.4 Å². The summed E-state index contributed by atoms with van der Waals surface area (Å²) in [6.45, 7) is 7.02. The molecular weight excluding hydrogens is 348 g/mol. The predicted molar refractivity (Wildman–Crippen MR) is 93.8 cm³/mol. The average Bonchev–Trinajstić information content (AvgIpc) is 2.91. The summed E-state index contributed by atoms with van der Waals surface area (Å²) in [5.41, 5.74) is 1.37. The second-order valence-corrected chi connectivity index (χ2v) is 5.73. The lowest BCUT2D eigenvalue weighted by Crippen LogP contribution is -2.37. The molecular formula is C16H23ClN4O4. The number of halogens is 1. The van der Waals surface area contributed by atoms with Crippen LogP contribution in [0.2, 0.25) is 5.28 Å². The Bertz CT molecular complexity index is 715. The molecule has 1 unspecified atom stereocenters. The Morgan fingerprint density at radius 2 is 2.04 bits per heavy atom. The molecule has 0 aliphatic heterocycles. The first-order chi connectivity index (χ1) is 12.0. The van der Waals surface area contributed by atoms with Crippen LogP contribution in [0.5, 0.6) is 0 Å². The lowest BCUT2D eigenvalue weighted by Gasteiger charge is -2.22. The number of carbonyl (C=O) groups is 1. The van der Waals surface area contributed by atoms with Gasteiger partial charge in [-0.05, 0) is 37.9 Å². The maximum absolute atomic E-state index is 11.0. The van der Waals surface area contributed by atoms with Gasteiger partial charge in [-0.3, -0.25) is 0 Å². The highest BCUT2D eigenvalue weighted by atomic mass is 35.5. The minimum Gasteiger partial charge on any atom is -0.465 e. The summed E-state index contributed by atoms with van der Waals surface area (Å²) in [7, 11) is 0. The van der Waals surface area contributed by atoms with Gasteiger partial charge < -0.3 is 24.5 Å². The zero-order valence-electron chi connectivity index (χ0n) is 14.5. The summed E-state index contributed by atoms with van der Waals surface area (Å²) in [6.07, 6.45) is 0.609. The van der Waals surface area contributed by atoms with Crippen molar-refractivity contribution in [3.63, 3.8) is 0 Å². The molecule has 1 atom stereocenters. The topological polar surface area (TPSA) is 98.5 Å². The van der Waals surface area contributed by atoms with Crippen LogP contribution in [0.4, 0.5) is 4.79 Å². The van der Waals surface area contributed by atoms with Gasteiger partial charge in [-0.15, -0.1) is 0 Å². The molecule has 0 aliphatic rings. The van der Waals surface area contributed by atoms with Crippen molar-refractivity contribution < 1.29 is 19.4 Å². The van der Waals surface area contributed by atoms with Crippen LogP contribution in [0.1, 0.15) is 39.2 Å². The number of hydrogen-bond acceptors (Lipinski definition) is 5. The third-order valence-electron chi connectivity index (χ3n) is 3.74. The monoisotopic (exact) mass is 370 g/mol. The van der Waals surface area contributed by atoms with Crippen LogP contribution in [-0.4, -0.2) is 45.0 Å². The van der Waals surface area contributed by atoms with E-state index in [9.17, 15) is 4.79 Å². The van der Waals surface area contributed by atoms with E-state index in [1.165, 1.54) is 0 Å². The van der Waals surface area contributed by atoms with Crippen LogP contribution < -0.4 is 5.32 Å². The maximum Gasteiger partial charge on any atom is 0.404 e. The normalized spacial score (nSPS) is 12.7. The van der Waals surface area contributed by atoms with E-state index in [1.807, 2.05) is 31.4 Å². The molecule has 2 aromatic rings. The van der Waals surface area contributed by atoms with E-state index in [1.54, 1.807) is 6.20 Å². The second kappa shape index (κ2) is 8.98. The van der Waals surface area contributed by atoms with Crippen LogP contribution in [-0.2, 0) is 16.0 Å². The molecule has 0 radical (unpaired) electrons. The number of rotatable bonds is 9. The number of ether oxygens (including phenoxy) is 2. The maximum atomic E-state index is 11.0. The SMILES string of the molecule is CCOC(OCC)c1cc2cnc(Cl)nc2n1CC(CC)NC(=O)O. The lowest BCUT2D eigenvalue weighted by atomic mass is 10.2. The number of aromatic nitrogens is 3. The third-order valence-corrected chi connectivity index (χ3v) is 3.92. The Hall–Kier alpha value is -1.90. The summed E-state index contributed by atoms with van der Waals surface area (Å²) in [4.78, 5) is 19.3. The molecule has 8 nitrogen and oxygen atoms in total. The molecule has 25 heavy (non-hydrogen) atoms. The van der Waals surface area contributed by atoms with Crippen molar-refractivity contribution in [3.05, 3.63) is 23.2 Å². The molecule has 0 aromatic carbocycles. The van der Waals surface area contributed by atoms with Crippen molar-refractivity contribution in [1.82, 2.24) is 19.9 Å². The number of amides is 1. The van der Waals surface area contributed by atoms with E-state index in [0.29, 0.717) is 31.8 Å². The fraction of sp³-hybridized carbons (Fsp3) is 0.562. The standard InChI is InChI=1S/C16H23ClN4O4/c1-4-11(19-16(22)23)9-21-12(14(24-5-2)25-6-3)7-10-8-18-15(17)20-13(10)21/h7-8,11,14,19H,4-6,9H2,1-3H3,(H,22,23). The van der Waals surface area contributed by atoms with Crippen LogP contribution in [0.3, 0.4) is 0 Å². The highest BCUT2D eigenvalue weighted by molar-refractivity contribution is 6.28. The number of fused-ring (bicyclic) bond motifs is 1. The summed E-state index contributed by atoms with van der Waals surface area (Å²) >= 11 is 5.95. The lowest BCUT2D eigenvalue weighted by molar-refractivity contribution is -0.144. The van der Waals surface area contributed by atoms with Crippen molar-refractivity contribution in [3.8, 4) is 0 Å². The van der Waals surface area contributed by atoms with Gasteiger partial charge in [-0.25, -0.2) is 9.78 Å². The van der Waals surface area contributed by atoms with Crippen molar-refractivity contribution in [2.45, 2.75) is 46.1 Å². The first kappa shape index (κ1) is 19.4.